The Morgan fingerprint density at radius 3 is 2.76 bits per heavy atom. The minimum absolute atomic E-state index is 0.0696. The standard InChI is InChI=1S/C14H17N3O3S/c1-3-13(14-15-7-8-16-14)17-21(19,20)12-6-4-5-11(9-12)10(2)18/h4-9,13,17H,3H2,1-2H3,(H,15,16). The topological polar surface area (TPSA) is 91.9 Å². The Bertz CT molecular complexity index is 724. The Morgan fingerprint density at radius 1 is 1.43 bits per heavy atom. The molecular weight excluding hydrogens is 290 g/mol. The van der Waals surface area contributed by atoms with Crippen LogP contribution in [0.3, 0.4) is 0 Å². The van der Waals surface area contributed by atoms with Gasteiger partial charge in [-0.25, -0.2) is 18.1 Å². The summed E-state index contributed by atoms with van der Waals surface area (Å²) in [4.78, 5) is 18.4. The molecular formula is C14H17N3O3S. The molecule has 1 atom stereocenters. The van der Waals surface area contributed by atoms with Crippen molar-refractivity contribution in [2.45, 2.75) is 31.2 Å². The van der Waals surface area contributed by atoms with Crippen molar-refractivity contribution in [3.05, 3.63) is 48.0 Å². The van der Waals surface area contributed by atoms with E-state index < -0.39 is 16.1 Å². The maximum Gasteiger partial charge on any atom is 0.241 e. The number of aromatic nitrogens is 2. The highest BCUT2D eigenvalue weighted by Gasteiger charge is 2.22. The van der Waals surface area contributed by atoms with E-state index in [4.69, 9.17) is 0 Å². The van der Waals surface area contributed by atoms with Gasteiger partial charge in [0.2, 0.25) is 10.0 Å². The molecule has 0 aliphatic carbocycles. The zero-order valence-electron chi connectivity index (χ0n) is 11.8. The fraction of sp³-hybridized carbons (Fsp3) is 0.286. The van der Waals surface area contributed by atoms with Gasteiger partial charge in [0.25, 0.3) is 0 Å². The third-order valence-electron chi connectivity index (χ3n) is 3.11. The van der Waals surface area contributed by atoms with E-state index in [0.29, 0.717) is 17.8 Å². The van der Waals surface area contributed by atoms with E-state index in [1.54, 1.807) is 24.5 Å². The molecule has 0 amide bonds. The van der Waals surface area contributed by atoms with Gasteiger partial charge in [0.05, 0.1) is 10.9 Å². The van der Waals surface area contributed by atoms with Crippen molar-refractivity contribution in [2.75, 3.05) is 0 Å². The number of hydrogen-bond donors (Lipinski definition) is 2. The summed E-state index contributed by atoms with van der Waals surface area (Å²) >= 11 is 0. The molecule has 1 aromatic carbocycles. The van der Waals surface area contributed by atoms with Crippen molar-refractivity contribution < 1.29 is 13.2 Å². The Balaban J connectivity index is 2.29. The molecule has 112 valence electrons. The van der Waals surface area contributed by atoms with Crippen LogP contribution in [-0.2, 0) is 10.0 Å². The number of nitrogens with zero attached hydrogens (tertiary/aromatic N) is 1. The number of H-pyrrole nitrogens is 1. The molecule has 0 bridgehead atoms. The van der Waals surface area contributed by atoms with Crippen LogP contribution in [0.5, 0.6) is 0 Å². The second-order valence-corrected chi connectivity index (χ2v) is 6.35. The molecule has 21 heavy (non-hydrogen) atoms. The van der Waals surface area contributed by atoms with Crippen LogP contribution >= 0.6 is 0 Å². The maximum atomic E-state index is 12.4. The first kappa shape index (κ1) is 15.4. The number of ketones is 1. The van der Waals surface area contributed by atoms with Gasteiger partial charge in [-0.1, -0.05) is 19.1 Å². The number of nitrogens with one attached hydrogen (secondary N) is 2. The van der Waals surface area contributed by atoms with Crippen molar-refractivity contribution in [2.24, 2.45) is 0 Å². The van der Waals surface area contributed by atoms with Crippen molar-refractivity contribution in [1.29, 1.82) is 0 Å². The molecule has 0 aliphatic rings. The lowest BCUT2D eigenvalue weighted by Crippen LogP contribution is -2.29. The number of rotatable bonds is 6. The fourth-order valence-electron chi connectivity index (χ4n) is 1.94. The minimum atomic E-state index is -3.72. The molecule has 1 unspecified atom stereocenters. The quantitative estimate of drug-likeness (QED) is 0.799. The van der Waals surface area contributed by atoms with Crippen molar-refractivity contribution in [3.8, 4) is 0 Å². The fourth-order valence-corrected chi connectivity index (χ4v) is 3.27. The predicted octanol–water partition coefficient (Wildman–Crippen LogP) is 2.04. The summed E-state index contributed by atoms with van der Waals surface area (Å²) in [5.74, 6) is 0.383. The van der Waals surface area contributed by atoms with Crippen molar-refractivity contribution >= 4 is 15.8 Å². The van der Waals surface area contributed by atoms with Gasteiger partial charge in [0.1, 0.15) is 5.82 Å². The highest BCUT2D eigenvalue weighted by molar-refractivity contribution is 7.89. The molecule has 0 aliphatic heterocycles. The first-order valence-electron chi connectivity index (χ1n) is 6.56. The zero-order valence-corrected chi connectivity index (χ0v) is 12.6. The summed E-state index contributed by atoms with van der Waals surface area (Å²) in [5, 5.41) is 0. The molecule has 2 rings (SSSR count). The molecule has 0 radical (unpaired) electrons. The zero-order chi connectivity index (χ0) is 15.5. The molecule has 0 spiro atoms. The first-order chi connectivity index (χ1) is 9.94. The highest BCUT2D eigenvalue weighted by atomic mass is 32.2. The Morgan fingerprint density at radius 2 is 2.19 bits per heavy atom. The van der Waals surface area contributed by atoms with Gasteiger partial charge >= 0.3 is 0 Å². The summed E-state index contributed by atoms with van der Waals surface area (Å²) in [6.07, 6.45) is 3.77. The summed E-state index contributed by atoms with van der Waals surface area (Å²) in [7, 11) is -3.72. The van der Waals surface area contributed by atoms with Gasteiger partial charge in [0, 0.05) is 18.0 Å². The normalized spacial score (nSPS) is 13.0. The van der Waals surface area contributed by atoms with E-state index in [1.807, 2.05) is 6.92 Å². The third kappa shape index (κ3) is 3.56. The van der Waals surface area contributed by atoms with Crippen LogP contribution in [0.15, 0.2) is 41.6 Å². The number of carbonyl (C=O) groups is 1. The van der Waals surface area contributed by atoms with E-state index >= 15 is 0 Å². The van der Waals surface area contributed by atoms with Gasteiger partial charge in [-0.3, -0.25) is 4.79 Å². The Hall–Kier alpha value is -1.99. The number of carbonyl (C=O) groups excluding carboxylic acids is 1. The van der Waals surface area contributed by atoms with Gasteiger partial charge in [-0.2, -0.15) is 0 Å². The van der Waals surface area contributed by atoms with Crippen LogP contribution in [0.25, 0.3) is 0 Å². The van der Waals surface area contributed by atoms with E-state index in [2.05, 4.69) is 14.7 Å². The molecule has 0 fully saturated rings. The number of Topliss-reactive ketones (excluding diaryl/α,β-unsaturated/α-hetero) is 1. The van der Waals surface area contributed by atoms with Crippen LogP contribution in [0.4, 0.5) is 0 Å². The SMILES string of the molecule is CCC(NS(=O)(=O)c1cccc(C(C)=O)c1)c1ncc[nH]1. The molecule has 0 saturated carbocycles. The second-order valence-electron chi connectivity index (χ2n) is 4.64. The molecule has 7 heteroatoms. The number of sulfonamides is 1. The Labute approximate surface area is 123 Å². The molecule has 1 aromatic heterocycles. The van der Waals surface area contributed by atoms with Crippen molar-refractivity contribution in [1.82, 2.24) is 14.7 Å². The minimum Gasteiger partial charge on any atom is -0.347 e. The molecule has 2 N–H and O–H groups in total. The van der Waals surface area contributed by atoms with E-state index in [-0.39, 0.29) is 10.7 Å². The molecule has 0 saturated heterocycles. The predicted molar refractivity (Wildman–Crippen MR) is 78.4 cm³/mol. The van der Waals surface area contributed by atoms with Crippen molar-refractivity contribution in [3.63, 3.8) is 0 Å². The largest absolute Gasteiger partial charge is 0.347 e. The maximum absolute atomic E-state index is 12.4. The summed E-state index contributed by atoms with van der Waals surface area (Å²) in [6, 6.07) is 5.54. The number of benzene rings is 1. The number of aromatic amines is 1. The smallest absolute Gasteiger partial charge is 0.241 e. The van der Waals surface area contributed by atoms with E-state index in [0.717, 1.165) is 0 Å². The van der Waals surface area contributed by atoms with Crippen LogP contribution < -0.4 is 4.72 Å². The summed E-state index contributed by atoms with van der Waals surface area (Å²) < 4.78 is 27.4. The molecule has 6 nitrogen and oxygen atoms in total. The average molecular weight is 307 g/mol. The third-order valence-corrected chi connectivity index (χ3v) is 4.58. The molecule has 2 aromatic rings. The number of hydrogen-bond acceptors (Lipinski definition) is 4. The van der Waals surface area contributed by atoms with Gasteiger partial charge in [-0.05, 0) is 25.5 Å². The van der Waals surface area contributed by atoms with Crippen LogP contribution in [-0.4, -0.2) is 24.2 Å². The lowest BCUT2D eigenvalue weighted by atomic mass is 10.2. The van der Waals surface area contributed by atoms with Crippen LogP contribution in [0.1, 0.15) is 42.5 Å². The number of imidazole rings is 1. The monoisotopic (exact) mass is 307 g/mol. The summed E-state index contributed by atoms with van der Waals surface area (Å²) in [6.45, 7) is 3.26. The lowest BCUT2D eigenvalue weighted by Gasteiger charge is -2.15. The molecule has 1 heterocycles. The second kappa shape index (κ2) is 6.19. The van der Waals surface area contributed by atoms with Gasteiger partial charge in [-0.15, -0.1) is 0 Å². The average Bonchev–Trinajstić information content (AvgIpc) is 2.99. The Kier molecular flexibility index (Phi) is 4.54. The summed E-state index contributed by atoms with van der Waals surface area (Å²) in [5.41, 5.74) is 0.365. The van der Waals surface area contributed by atoms with Crippen LogP contribution in [0, 0.1) is 0 Å². The van der Waals surface area contributed by atoms with E-state index in [9.17, 15) is 13.2 Å². The first-order valence-corrected chi connectivity index (χ1v) is 8.05. The highest BCUT2D eigenvalue weighted by Crippen LogP contribution is 2.18. The van der Waals surface area contributed by atoms with Gasteiger partial charge in [0.15, 0.2) is 5.78 Å². The van der Waals surface area contributed by atoms with Crippen LogP contribution in [0.2, 0.25) is 0 Å². The van der Waals surface area contributed by atoms with E-state index in [1.165, 1.54) is 19.1 Å². The van der Waals surface area contributed by atoms with Gasteiger partial charge < -0.3 is 4.98 Å². The lowest BCUT2D eigenvalue weighted by molar-refractivity contribution is 0.101.